The van der Waals surface area contributed by atoms with Crippen LogP contribution < -0.4 is 14.4 Å². The summed E-state index contributed by atoms with van der Waals surface area (Å²) in [5.74, 6) is -1.41. The van der Waals surface area contributed by atoms with Crippen molar-refractivity contribution in [3.05, 3.63) is 83.9 Å². The van der Waals surface area contributed by atoms with Gasteiger partial charge in [-0.05, 0) is 41.5 Å². The van der Waals surface area contributed by atoms with Gasteiger partial charge in [0.25, 0.3) is 0 Å². The average molecular weight is 454 g/mol. The average Bonchev–Trinajstić information content (AvgIpc) is 3.64. The number of Topliss-reactive ketones (excluding diaryl/α,β-unsaturated/α-hetero) is 1. The van der Waals surface area contributed by atoms with E-state index in [4.69, 9.17) is 13.9 Å². The summed E-state index contributed by atoms with van der Waals surface area (Å²) >= 11 is 0. The van der Waals surface area contributed by atoms with E-state index in [1.54, 1.807) is 30.3 Å². The van der Waals surface area contributed by atoms with E-state index in [9.17, 15) is 14.4 Å². The van der Waals surface area contributed by atoms with E-state index in [-0.39, 0.29) is 24.2 Å². The lowest BCUT2D eigenvalue weighted by Crippen LogP contribution is -2.44. The minimum absolute atomic E-state index is 0.0891. The summed E-state index contributed by atoms with van der Waals surface area (Å²) in [6, 6.07) is 14.7. The van der Waals surface area contributed by atoms with E-state index in [0.29, 0.717) is 17.2 Å². The van der Waals surface area contributed by atoms with E-state index in [1.807, 2.05) is 41.4 Å². The second-order valence-electron chi connectivity index (χ2n) is 8.72. The highest BCUT2D eigenvalue weighted by atomic mass is 16.7. The van der Waals surface area contributed by atoms with Crippen LogP contribution in [0.25, 0.3) is 6.08 Å². The third-order valence-corrected chi connectivity index (χ3v) is 7.11. The van der Waals surface area contributed by atoms with Crippen LogP contribution >= 0.6 is 0 Å². The molecule has 168 valence electrons. The van der Waals surface area contributed by atoms with Crippen molar-refractivity contribution in [3.8, 4) is 11.5 Å². The standard InChI is InChI=1S/C26H18N2O6/c29-24(18-6-3-11-32-18)23-21-20(22-16-5-2-1-4-14(16)9-10-27(22)23)25(30)28(26(21)31)15-7-8-17-19(12-15)34-13-33-17/h1-12,20-23H,13H2. The fourth-order valence-corrected chi connectivity index (χ4v) is 5.70. The monoisotopic (exact) mass is 454 g/mol. The topological polar surface area (TPSA) is 89.3 Å². The quantitative estimate of drug-likeness (QED) is 0.443. The molecule has 8 nitrogen and oxygen atoms in total. The second-order valence-corrected chi connectivity index (χ2v) is 8.72. The van der Waals surface area contributed by atoms with Crippen molar-refractivity contribution in [2.75, 3.05) is 11.7 Å². The molecular weight excluding hydrogens is 436 g/mol. The first-order valence-electron chi connectivity index (χ1n) is 11.0. The number of benzene rings is 2. The highest BCUT2D eigenvalue weighted by molar-refractivity contribution is 6.24. The van der Waals surface area contributed by atoms with Crippen LogP contribution in [0.2, 0.25) is 0 Å². The van der Waals surface area contributed by atoms with Gasteiger partial charge in [0.05, 0.1) is 29.8 Å². The summed E-state index contributed by atoms with van der Waals surface area (Å²) in [6.45, 7) is 0.0891. The Balaban J connectivity index is 1.37. The van der Waals surface area contributed by atoms with Gasteiger partial charge in [0, 0.05) is 12.3 Å². The summed E-state index contributed by atoms with van der Waals surface area (Å²) in [6.07, 6.45) is 5.17. The normalized spacial score (nSPS) is 26.0. The van der Waals surface area contributed by atoms with E-state index < -0.39 is 29.8 Å². The number of fused-ring (bicyclic) bond motifs is 6. The lowest BCUT2D eigenvalue weighted by Gasteiger charge is -2.35. The minimum Gasteiger partial charge on any atom is -0.461 e. The molecule has 4 unspecified atom stereocenters. The van der Waals surface area contributed by atoms with Crippen molar-refractivity contribution >= 4 is 29.4 Å². The van der Waals surface area contributed by atoms with Crippen molar-refractivity contribution in [3.63, 3.8) is 0 Å². The molecule has 3 aromatic rings. The van der Waals surface area contributed by atoms with Gasteiger partial charge in [-0.15, -0.1) is 0 Å². The number of anilines is 1. The van der Waals surface area contributed by atoms with Crippen molar-refractivity contribution in [2.45, 2.75) is 12.1 Å². The van der Waals surface area contributed by atoms with E-state index in [0.717, 1.165) is 11.1 Å². The maximum absolute atomic E-state index is 13.9. The Kier molecular flexibility index (Phi) is 3.85. The first-order chi connectivity index (χ1) is 16.6. The highest BCUT2D eigenvalue weighted by Gasteiger charge is 2.64. The SMILES string of the molecule is O=C(c1ccco1)C1C2C(=O)N(c3ccc4c(c3)OCO4)C(=O)C2C2c3ccccc3C=CN12. The third kappa shape index (κ3) is 2.45. The van der Waals surface area contributed by atoms with Crippen molar-refractivity contribution in [1.82, 2.24) is 4.90 Å². The molecule has 0 radical (unpaired) electrons. The van der Waals surface area contributed by atoms with Gasteiger partial charge in [0.15, 0.2) is 17.3 Å². The maximum Gasteiger partial charge on any atom is 0.240 e. The number of carbonyl (C=O) groups is 3. The van der Waals surface area contributed by atoms with E-state index in [1.165, 1.54) is 11.2 Å². The van der Waals surface area contributed by atoms with Gasteiger partial charge in [-0.25, -0.2) is 4.90 Å². The van der Waals surface area contributed by atoms with E-state index in [2.05, 4.69) is 0 Å². The smallest absolute Gasteiger partial charge is 0.240 e. The summed E-state index contributed by atoms with van der Waals surface area (Å²) < 4.78 is 16.2. The van der Waals surface area contributed by atoms with Crippen molar-refractivity contribution in [1.29, 1.82) is 0 Å². The molecule has 4 aliphatic rings. The van der Waals surface area contributed by atoms with E-state index >= 15 is 0 Å². The fraction of sp³-hybridized carbons (Fsp3) is 0.192. The Morgan fingerprint density at radius 2 is 1.74 bits per heavy atom. The number of hydrogen-bond acceptors (Lipinski definition) is 7. The van der Waals surface area contributed by atoms with Gasteiger partial charge in [-0.1, -0.05) is 24.3 Å². The highest BCUT2D eigenvalue weighted by Crippen LogP contribution is 2.54. The molecule has 4 aliphatic heterocycles. The summed E-state index contributed by atoms with van der Waals surface area (Å²) in [4.78, 5) is 44.3. The molecule has 8 heteroatoms. The van der Waals surface area contributed by atoms with Crippen LogP contribution in [0, 0.1) is 11.8 Å². The number of nitrogens with zero attached hydrogens (tertiary/aromatic N) is 2. The minimum atomic E-state index is -0.860. The molecular formula is C26H18N2O6. The number of furan rings is 1. The predicted molar refractivity (Wildman–Crippen MR) is 119 cm³/mol. The molecule has 2 amide bonds. The largest absolute Gasteiger partial charge is 0.461 e. The lowest BCUT2D eigenvalue weighted by atomic mass is 9.84. The summed E-state index contributed by atoms with van der Waals surface area (Å²) in [7, 11) is 0. The molecule has 0 spiro atoms. The van der Waals surface area contributed by atoms with Crippen LogP contribution in [0.3, 0.4) is 0 Å². The zero-order valence-corrected chi connectivity index (χ0v) is 17.8. The molecule has 4 atom stereocenters. The van der Waals surface area contributed by atoms with Crippen molar-refractivity contribution in [2.24, 2.45) is 11.8 Å². The Hall–Kier alpha value is -4.33. The van der Waals surface area contributed by atoms with Crippen LogP contribution in [0.1, 0.15) is 27.7 Å². The fourth-order valence-electron chi connectivity index (χ4n) is 5.70. The van der Waals surface area contributed by atoms with Gasteiger partial charge >= 0.3 is 0 Å². The Bertz CT molecular complexity index is 1390. The van der Waals surface area contributed by atoms with Crippen LogP contribution in [0.5, 0.6) is 11.5 Å². The molecule has 2 fully saturated rings. The van der Waals surface area contributed by atoms with Crippen LogP contribution in [-0.2, 0) is 9.59 Å². The number of carbonyl (C=O) groups excluding carboxylic acids is 3. The molecule has 34 heavy (non-hydrogen) atoms. The van der Waals surface area contributed by atoms with Gasteiger partial charge in [-0.2, -0.15) is 0 Å². The molecule has 2 aromatic carbocycles. The van der Waals surface area contributed by atoms with Gasteiger partial charge < -0.3 is 18.8 Å². The number of hydrogen-bond donors (Lipinski definition) is 0. The molecule has 2 saturated heterocycles. The predicted octanol–water partition coefficient (Wildman–Crippen LogP) is 3.41. The Labute approximate surface area is 194 Å². The third-order valence-electron chi connectivity index (χ3n) is 7.11. The zero-order valence-electron chi connectivity index (χ0n) is 17.8. The lowest BCUT2D eigenvalue weighted by molar-refractivity contribution is -0.123. The first-order valence-corrected chi connectivity index (χ1v) is 11.0. The number of amides is 2. The van der Waals surface area contributed by atoms with Gasteiger partial charge in [-0.3, -0.25) is 14.4 Å². The van der Waals surface area contributed by atoms with Gasteiger partial charge in [0.1, 0.15) is 6.04 Å². The zero-order chi connectivity index (χ0) is 23.0. The molecule has 5 heterocycles. The molecule has 0 bridgehead atoms. The number of ketones is 1. The van der Waals surface area contributed by atoms with Crippen LogP contribution in [0.4, 0.5) is 5.69 Å². The van der Waals surface area contributed by atoms with Crippen molar-refractivity contribution < 1.29 is 28.3 Å². The van der Waals surface area contributed by atoms with Gasteiger partial charge in [0.2, 0.25) is 24.4 Å². The number of rotatable bonds is 3. The summed E-state index contributed by atoms with van der Waals surface area (Å²) in [5, 5.41) is 0. The van der Waals surface area contributed by atoms with Crippen LogP contribution in [0.15, 0.2) is 71.5 Å². The number of ether oxygens (including phenoxy) is 2. The maximum atomic E-state index is 13.9. The number of imide groups is 1. The Morgan fingerprint density at radius 3 is 2.59 bits per heavy atom. The second kappa shape index (κ2) is 6.84. The molecule has 0 N–H and O–H groups in total. The molecule has 0 aliphatic carbocycles. The van der Waals surface area contributed by atoms with Crippen LogP contribution in [-0.4, -0.2) is 35.3 Å². The molecule has 7 rings (SSSR count). The molecule has 1 aromatic heterocycles. The molecule has 0 saturated carbocycles. The first kappa shape index (κ1) is 19.2. The summed E-state index contributed by atoms with van der Waals surface area (Å²) in [5.41, 5.74) is 2.29. The Morgan fingerprint density at radius 1 is 0.912 bits per heavy atom.